The molecular weight excluding hydrogens is 291 g/mol. The minimum Gasteiger partial charge on any atom is -0.289 e. The second-order valence-corrected chi connectivity index (χ2v) is 7.07. The number of carbonyl (C=O) groups excluding carboxylic acids is 1. The Morgan fingerprint density at radius 2 is 1.57 bits per heavy atom. The van der Waals surface area contributed by atoms with Crippen molar-refractivity contribution < 1.29 is 17.6 Å². The van der Waals surface area contributed by atoms with Crippen LogP contribution in [0.5, 0.6) is 0 Å². The fourth-order valence-electron chi connectivity index (χ4n) is 2.11. The van der Waals surface area contributed by atoms with E-state index in [9.17, 15) is 17.6 Å². The molecule has 0 aliphatic carbocycles. The van der Waals surface area contributed by atoms with Crippen molar-refractivity contribution in [1.29, 1.82) is 0 Å². The molecule has 0 amide bonds. The van der Waals surface area contributed by atoms with Crippen LogP contribution in [-0.2, 0) is 9.84 Å². The lowest BCUT2D eigenvalue weighted by Crippen LogP contribution is -2.06. The van der Waals surface area contributed by atoms with Crippen LogP contribution in [0.4, 0.5) is 4.39 Å². The van der Waals surface area contributed by atoms with E-state index in [0.717, 1.165) is 6.26 Å². The molecule has 5 heteroatoms. The van der Waals surface area contributed by atoms with Crippen molar-refractivity contribution >= 4 is 15.6 Å². The third-order valence-corrected chi connectivity index (χ3v) is 4.33. The zero-order valence-corrected chi connectivity index (χ0v) is 12.8. The molecule has 0 spiro atoms. The highest BCUT2D eigenvalue weighted by Crippen LogP contribution is 2.19. The molecule has 0 aliphatic rings. The molecule has 0 unspecified atom stereocenters. The van der Waals surface area contributed by atoms with Gasteiger partial charge < -0.3 is 0 Å². The van der Waals surface area contributed by atoms with E-state index < -0.39 is 9.84 Å². The Morgan fingerprint density at radius 3 is 2.10 bits per heavy atom. The summed E-state index contributed by atoms with van der Waals surface area (Å²) in [5.41, 5.74) is 1.38. The topological polar surface area (TPSA) is 51.2 Å². The molecule has 2 aromatic carbocycles. The maximum atomic E-state index is 13.6. The monoisotopic (exact) mass is 306 g/mol. The first-order chi connectivity index (χ1) is 9.70. The van der Waals surface area contributed by atoms with E-state index in [1.54, 1.807) is 19.9 Å². The van der Waals surface area contributed by atoms with Crippen LogP contribution in [-0.4, -0.2) is 20.5 Å². The maximum Gasteiger partial charge on any atom is 0.193 e. The highest BCUT2D eigenvalue weighted by Gasteiger charge is 2.15. The van der Waals surface area contributed by atoms with Gasteiger partial charge in [-0.05, 0) is 49.2 Å². The SMILES string of the molecule is Cc1cc(C(=O)c2cccc(S(C)(=O)=O)c2)cc(C)c1F. The van der Waals surface area contributed by atoms with Gasteiger partial charge in [-0.3, -0.25) is 4.79 Å². The number of hydrogen-bond donors (Lipinski definition) is 0. The minimum atomic E-state index is -3.38. The number of carbonyl (C=O) groups is 1. The third kappa shape index (κ3) is 3.19. The Kier molecular flexibility index (Phi) is 3.96. The molecule has 0 N–H and O–H groups in total. The van der Waals surface area contributed by atoms with Crippen molar-refractivity contribution in [2.75, 3.05) is 6.26 Å². The summed E-state index contributed by atoms with van der Waals surface area (Å²) in [6, 6.07) is 8.78. The Morgan fingerprint density at radius 1 is 1.00 bits per heavy atom. The van der Waals surface area contributed by atoms with Crippen LogP contribution in [0, 0.1) is 19.7 Å². The van der Waals surface area contributed by atoms with Crippen LogP contribution in [0.2, 0.25) is 0 Å². The summed E-state index contributed by atoms with van der Waals surface area (Å²) >= 11 is 0. The summed E-state index contributed by atoms with van der Waals surface area (Å²) in [6.45, 7) is 3.18. The van der Waals surface area contributed by atoms with Crippen molar-refractivity contribution in [3.8, 4) is 0 Å². The van der Waals surface area contributed by atoms with Gasteiger partial charge in [-0.2, -0.15) is 0 Å². The van der Waals surface area contributed by atoms with E-state index >= 15 is 0 Å². The lowest BCUT2D eigenvalue weighted by molar-refractivity contribution is 0.103. The molecule has 0 aliphatic heterocycles. The highest BCUT2D eigenvalue weighted by molar-refractivity contribution is 7.90. The number of hydrogen-bond acceptors (Lipinski definition) is 3. The Labute approximate surface area is 123 Å². The Balaban J connectivity index is 2.51. The molecule has 0 saturated carbocycles. The van der Waals surface area contributed by atoms with E-state index in [4.69, 9.17) is 0 Å². The predicted octanol–water partition coefficient (Wildman–Crippen LogP) is 3.08. The first kappa shape index (κ1) is 15.4. The van der Waals surface area contributed by atoms with E-state index in [1.165, 1.54) is 30.3 Å². The Bertz CT molecular complexity index is 800. The van der Waals surface area contributed by atoms with Gasteiger partial charge in [0.15, 0.2) is 15.6 Å². The van der Waals surface area contributed by atoms with Crippen molar-refractivity contribution in [2.45, 2.75) is 18.7 Å². The molecule has 0 saturated heterocycles. The molecule has 3 nitrogen and oxygen atoms in total. The van der Waals surface area contributed by atoms with Gasteiger partial charge in [-0.25, -0.2) is 12.8 Å². The number of benzene rings is 2. The Hall–Kier alpha value is -2.01. The van der Waals surface area contributed by atoms with E-state index in [0.29, 0.717) is 16.7 Å². The lowest BCUT2D eigenvalue weighted by Gasteiger charge is -2.07. The van der Waals surface area contributed by atoms with Gasteiger partial charge in [-0.1, -0.05) is 12.1 Å². The summed E-state index contributed by atoms with van der Waals surface area (Å²) < 4.78 is 36.7. The van der Waals surface area contributed by atoms with Gasteiger partial charge in [0.1, 0.15) is 5.82 Å². The van der Waals surface area contributed by atoms with Crippen LogP contribution < -0.4 is 0 Å². The zero-order valence-electron chi connectivity index (χ0n) is 12.0. The van der Waals surface area contributed by atoms with E-state index in [2.05, 4.69) is 0 Å². The fourth-order valence-corrected chi connectivity index (χ4v) is 2.78. The van der Waals surface area contributed by atoms with Crippen LogP contribution >= 0.6 is 0 Å². The summed E-state index contributed by atoms with van der Waals surface area (Å²) in [5, 5.41) is 0. The largest absolute Gasteiger partial charge is 0.289 e. The number of sulfone groups is 1. The summed E-state index contributed by atoms with van der Waals surface area (Å²) in [7, 11) is -3.38. The second kappa shape index (κ2) is 5.41. The summed E-state index contributed by atoms with van der Waals surface area (Å²) in [4.78, 5) is 12.5. The lowest BCUT2D eigenvalue weighted by atomic mass is 9.99. The van der Waals surface area contributed by atoms with Crippen molar-refractivity contribution in [3.63, 3.8) is 0 Å². The van der Waals surface area contributed by atoms with Crippen LogP contribution in [0.3, 0.4) is 0 Å². The highest BCUT2D eigenvalue weighted by atomic mass is 32.2. The van der Waals surface area contributed by atoms with Gasteiger partial charge in [0, 0.05) is 17.4 Å². The number of ketones is 1. The van der Waals surface area contributed by atoms with Crippen molar-refractivity contribution in [3.05, 3.63) is 64.5 Å². The van der Waals surface area contributed by atoms with Crippen LogP contribution in [0.1, 0.15) is 27.0 Å². The minimum absolute atomic E-state index is 0.0869. The molecule has 2 aromatic rings. The molecule has 0 aromatic heterocycles. The first-order valence-electron chi connectivity index (χ1n) is 6.31. The maximum absolute atomic E-state index is 13.6. The predicted molar refractivity (Wildman–Crippen MR) is 78.9 cm³/mol. The van der Waals surface area contributed by atoms with Crippen molar-refractivity contribution in [1.82, 2.24) is 0 Å². The van der Waals surface area contributed by atoms with Gasteiger partial charge in [0.25, 0.3) is 0 Å². The van der Waals surface area contributed by atoms with E-state index in [1.807, 2.05) is 0 Å². The summed E-state index contributed by atoms with van der Waals surface area (Å²) in [5.74, 6) is -0.664. The number of halogens is 1. The van der Waals surface area contributed by atoms with Gasteiger partial charge >= 0.3 is 0 Å². The zero-order chi connectivity index (χ0) is 15.8. The molecule has 21 heavy (non-hydrogen) atoms. The smallest absolute Gasteiger partial charge is 0.193 e. The van der Waals surface area contributed by atoms with Crippen molar-refractivity contribution in [2.24, 2.45) is 0 Å². The molecular formula is C16H15FO3S. The first-order valence-corrected chi connectivity index (χ1v) is 8.21. The normalized spacial score (nSPS) is 11.4. The molecule has 0 atom stereocenters. The fraction of sp³-hybridized carbons (Fsp3) is 0.188. The molecule has 0 bridgehead atoms. The number of aryl methyl sites for hydroxylation is 2. The second-order valence-electron chi connectivity index (χ2n) is 5.05. The molecule has 0 radical (unpaired) electrons. The van der Waals surface area contributed by atoms with Gasteiger partial charge in [0.05, 0.1) is 4.90 Å². The number of rotatable bonds is 3. The molecule has 0 fully saturated rings. The molecule has 110 valence electrons. The third-order valence-electron chi connectivity index (χ3n) is 3.22. The average Bonchev–Trinajstić information content (AvgIpc) is 2.42. The average molecular weight is 306 g/mol. The van der Waals surface area contributed by atoms with E-state index in [-0.39, 0.29) is 22.1 Å². The van der Waals surface area contributed by atoms with Crippen LogP contribution in [0.25, 0.3) is 0 Å². The standard InChI is InChI=1S/C16H15FO3S/c1-10-7-13(8-11(2)15(10)17)16(18)12-5-4-6-14(9-12)21(3,19)20/h4-9H,1-3H3. The molecule has 2 rings (SSSR count). The van der Waals surface area contributed by atoms with Gasteiger partial charge in [0.2, 0.25) is 0 Å². The van der Waals surface area contributed by atoms with Crippen LogP contribution in [0.15, 0.2) is 41.3 Å². The summed E-state index contributed by atoms with van der Waals surface area (Å²) in [6.07, 6.45) is 1.09. The quantitative estimate of drug-likeness (QED) is 0.819. The molecule has 0 heterocycles. The van der Waals surface area contributed by atoms with Gasteiger partial charge in [-0.15, -0.1) is 0 Å².